The van der Waals surface area contributed by atoms with Crippen molar-refractivity contribution in [2.75, 3.05) is 49.2 Å². The number of rotatable bonds is 13. The SMILES string of the molecule is CCCCN(C(=O)Nc1ccc(F)cc1F)C1CCN(Cc2ccc(Oc3ccc(N(CC(=O)OC)S(C)(=O)=O)cc3)cc2)CC1. The van der Waals surface area contributed by atoms with Gasteiger partial charge in [0.2, 0.25) is 10.0 Å². The number of esters is 1. The lowest BCUT2D eigenvalue weighted by Crippen LogP contribution is -2.49. The molecule has 1 aliphatic rings. The van der Waals surface area contributed by atoms with Crippen molar-refractivity contribution < 1.29 is 36.3 Å². The minimum Gasteiger partial charge on any atom is -0.468 e. The van der Waals surface area contributed by atoms with Gasteiger partial charge in [-0.3, -0.25) is 14.0 Å². The fourth-order valence-corrected chi connectivity index (χ4v) is 6.11. The second-order valence-electron chi connectivity index (χ2n) is 11.2. The second kappa shape index (κ2) is 15.9. The van der Waals surface area contributed by atoms with E-state index in [0.29, 0.717) is 23.7 Å². The van der Waals surface area contributed by atoms with Crippen LogP contribution in [0.15, 0.2) is 66.7 Å². The summed E-state index contributed by atoms with van der Waals surface area (Å²) in [4.78, 5) is 28.9. The highest BCUT2D eigenvalue weighted by molar-refractivity contribution is 7.92. The lowest BCUT2D eigenvalue weighted by atomic mass is 10.0. The number of halogens is 2. The molecule has 248 valence electrons. The Bertz CT molecular complexity index is 1580. The highest BCUT2D eigenvalue weighted by Gasteiger charge is 2.28. The number of carbonyl (C=O) groups excluding carboxylic acids is 2. The molecule has 2 amide bonds. The molecular weight excluding hydrogens is 618 g/mol. The minimum atomic E-state index is -3.70. The average molecular weight is 659 g/mol. The zero-order valence-electron chi connectivity index (χ0n) is 26.2. The first-order valence-electron chi connectivity index (χ1n) is 15.1. The molecule has 0 aromatic heterocycles. The molecule has 1 N–H and O–H groups in total. The number of anilines is 2. The molecule has 0 unspecified atom stereocenters. The number of urea groups is 1. The lowest BCUT2D eigenvalue weighted by molar-refractivity contribution is -0.138. The van der Waals surface area contributed by atoms with Crippen molar-refractivity contribution in [2.24, 2.45) is 0 Å². The largest absolute Gasteiger partial charge is 0.468 e. The van der Waals surface area contributed by atoms with Crippen molar-refractivity contribution in [2.45, 2.75) is 45.2 Å². The summed E-state index contributed by atoms with van der Waals surface area (Å²) in [5.41, 5.74) is 1.37. The van der Waals surface area contributed by atoms with Gasteiger partial charge in [-0.2, -0.15) is 0 Å². The number of nitrogens with zero attached hydrogens (tertiary/aromatic N) is 3. The summed E-state index contributed by atoms with van der Waals surface area (Å²) < 4.78 is 63.3. The van der Waals surface area contributed by atoms with Gasteiger partial charge >= 0.3 is 12.0 Å². The molecular formula is C33H40F2N4O6S. The molecule has 1 heterocycles. The van der Waals surface area contributed by atoms with Gasteiger partial charge in [0.1, 0.15) is 29.7 Å². The van der Waals surface area contributed by atoms with E-state index in [1.807, 2.05) is 24.3 Å². The highest BCUT2D eigenvalue weighted by Crippen LogP contribution is 2.27. The molecule has 13 heteroatoms. The zero-order chi connectivity index (χ0) is 33.3. The molecule has 1 fully saturated rings. The van der Waals surface area contributed by atoms with Crippen LogP contribution in [0.2, 0.25) is 0 Å². The molecule has 46 heavy (non-hydrogen) atoms. The number of amides is 2. The Balaban J connectivity index is 1.30. The van der Waals surface area contributed by atoms with Gasteiger partial charge in [-0.15, -0.1) is 0 Å². The monoisotopic (exact) mass is 658 g/mol. The summed E-state index contributed by atoms with van der Waals surface area (Å²) in [6, 6.07) is 16.8. The Morgan fingerprint density at radius 2 is 1.61 bits per heavy atom. The van der Waals surface area contributed by atoms with Gasteiger partial charge in [0.05, 0.1) is 24.7 Å². The number of likely N-dealkylation sites (tertiary alicyclic amines) is 1. The summed E-state index contributed by atoms with van der Waals surface area (Å²) in [5, 5.41) is 2.62. The fourth-order valence-electron chi connectivity index (χ4n) is 5.26. The maximum atomic E-state index is 14.2. The molecule has 1 aliphatic heterocycles. The van der Waals surface area contributed by atoms with Crippen LogP contribution in [0.4, 0.5) is 25.0 Å². The summed E-state index contributed by atoms with van der Waals surface area (Å²) in [6.07, 6.45) is 4.31. The van der Waals surface area contributed by atoms with Gasteiger partial charge in [0.25, 0.3) is 0 Å². The van der Waals surface area contributed by atoms with Crippen molar-refractivity contribution >= 4 is 33.4 Å². The molecule has 3 aromatic rings. The van der Waals surface area contributed by atoms with E-state index in [1.54, 1.807) is 29.2 Å². The van der Waals surface area contributed by atoms with Crippen molar-refractivity contribution in [3.63, 3.8) is 0 Å². The van der Waals surface area contributed by atoms with Crippen LogP contribution in [0.25, 0.3) is 0 Å². The number of nitrogens with one attached hydrogen (secondary N) is 1. The van der Waals surface area contributed by atoms with Crippen LogP contribution in [0.3, 0.4) is 0 Å². The molecule has 10 nitrogen and oxygen atoms in total. The van der Waals surface area contributed by atoms with Crippen LogP contribution in [-0.2, 0) is 26.1 Å². The molecule has 1 saturated heterocycles. The molecule has 4 rings (SSSR count). The average Bonchev–Trinajstić information content (AvgIpc) is 3.03. The molecule has 0 atom stereocenters. The van der Waals surface area contributed by atoms with Gasteiger partial charge in [-0.25, -0.2) is 22.0 Å². The highest BCUT2D eigenvalue weighted by atomic mass is 32.2. The van der Waals surface area contributed by atoms with Crippen LogP contribution < -0.4 is 14.4 Å². The van der Waals surface area contributed by atoms with Gasteiger partial charge in [-0.05, 0) is 73.4 Å². The normalized spacial score (nSPS) is 14.0. The lowest BCUT2D eigenvalue weighted by Gasteiger charge is -2.38. The molecule has 0 bridgehead atoms. The Morgan fingerprint density at radius 3 is 2.17 bits per heavy atom. The van der Waals surface area contributed by atoms with Gasteiger partial charge in [0, 0.05) is 38.3 Å². The van der Waals surface area contributed by atoms with Gasteiger partial charge in [0.15, 0.2) is 0 Å². The Labute approximate surface area is 268 Å². The van der Waals surface area contributed by atoms with Crippen LogP contribution in [-0.4, -0.2) is 75.8 Å². The van der Waals surface area contributed by atoms with Crippen LogP contribution in [0.1, 0.15) is 38.2 Å². The van der Waals surface area contributed by atoms with E-state index in [4.69, 9.17) is 4.74 Å². The first-order valence-corrected chi connectivity index (χ1v) is 17.0. The van der Waals surface area contributed by atoms with Crippen molar-refractivity contribution in [1.82, 2.24) is 9.80 Å². The summed E-state index contributed by atoms with van der Waals surface area (Å²) in [6.45, 7) is 4.48. The number of methoxy groups -OCH3 is 1. The quantitative estimate of drug-likeness (QED) is 0.225. The van der Waals surface area contributed by atoms with E-state index < -0.39 is 34.2 Å². The van der Waals surface area contributed by atoms with Crippen LogP contribution in [0, 0.1) is 11.6 Å². The van der Waals surface area contributed by atoms with E-state index in [0.717, 1.165) is 73.6 Å². The maximum absolute atomic E-state index is 14.2. The number of sulfonamides is 1. The van der Waals surface area contributed by atoms with E-state index in [-0.39, 0.29) is 17.8 Å². The summed E-state index contributed by atoms with van der Waals surface area (Å²) in [7, 11) is -2.50. The topological polar surface area (TPSA) is 108 Å². The second-order valence-corrected chi connectivity index (χ2v) is 13.1. The zero-order valence-corrected chi connectivity index (χ0v) is 27.1. The number of ether oxygens (including phenoxy) is 2. The van der Waals surface area contributed by atoms with E-state index in [9.17, 15) is 26.8 Å². The number of hydrogen-bond donors (Lipinski definition) is 1. The number of carbonyl (C=O) groups is 2. The van der Waals surface area contributed by atoms with Crippen LogP contribution in [0.5, 0.6) is 11.5 Å². The maximum Gasteiger partial charge on any atom is 0.326 e. The first kappa shape index (κ1) is 34.6. The minimum absolute atomic E-state index is 0.0125. The number of hydrogen-bond acceptors (Lipinski definition) is 7. The third kappa shape index (κ3) is 9.63. The van der Waals surface area contributed by atoms with E-state index in [2.05, 4.69) is 21.9 Å². The van der Waals surface area contributed by atoms with Crippen molar-refractivity contribution in [3.05, 3.63) is 83.9 Å². The van der Waals surface area contributed by atoms with Crippen molar-refractivity contribution in [3.8, 4) is 11.5 Å². The summed E-state index contributed by atoms with van der Waals surface area (Å²) in [5.74, 6) is -1.06. The number of piperidine rings is 1. The molecule has 3 aromatic carbocycles. The Morgan fingerprint density at radius 1 is 0.978 bits per heavy atom. The molecule has 0 aliphatic carbocycles. The standard InChI is InChI=1S/C33H40F2N4O6S/c1-4-5-18-38(33(41)36-31-15-8-25(34)21-30(31)35)26-16-19-37(20-17-26)22-24-6-11-28(12-7-24)45-29-13-9-27(10-14-29)39(46(3,42)43)23-32(40)44-2/h6-15,21,26H,4-5,16-20,22-23H2,1-3H3,(H,36,41). The van der Waals surface area contributed by atoms with E-state index in [1.165, 1.54) is 13.2 Å². The van der Waals surface area contributed by atoms with Gasteiger partial charge in [-0.1, -0.05) is 25.5 Å². The third-order valence-electron chi connectivity index (χ3n) is 7.77. The number of benzene rings is 3. The fraction of sp³-hybridized carbons (Fsp3) is 0.394. The molecule has 0 radical (unpaired) electrons. The third-order valence-corrected chi connectivity index (χ3v) is 8.92. The number of unbranched alkanes of at least 4 members (excludes halogenated alkanes) is 1. The van der Waals surface area contributed by atoms with Crippen LogP contribution >= 0.6 is 0 Å². The van der Waals surface area contributed by atoms with E-state index >= 15 is 0 Å². The predicted molar refractivity (Wildman–Crippen MR) is 172 cm³/mol. The Kier molecular flexibility index (Phi) is 11.9. The Hall–Kier alpha value is -4.23. The predicted octanol–water partition coefficient (Wildman–Crippen LogP) is 5.99. The molecule has 0 saturated carbocycles. The van der Waals surface area contributed by atoms with Gasteiger partial charge < -0.3 is 19.7 Å². The van der Waals surface area contributed by atoms with Crippen molar-refractivity contribution in [1.29, 1.82) is 0 Å². The smallest absolute Gasteiger partial charge is 0.326 e. The summed E-state index contributed by atoms with van der Waals surface area (Å²) >= 11 is 0. The first-order chi connectivity index (χ1) is 22.0. The molecule has 0 spiro atoms.